The van der Waals surface area contributed by atoms with Crippen molar-refractivity contribution >= 4 is 80.6 Å². The molecule has 7 heteroatoms. The second-order valence-corrected chi connectivity index (χ2v) is 14.3. The molecule has 1 saturated heterocycles. The van der Waals surface area contributed by atoms with Crippen molar-refractivity contribution in [2.75, 3.05) is 5.08 Å². The van der Waals surface area contributed by atoms with Crippen LogP contribution in [0, 0.1) is 0 Å². The van der Waals surface area contributed by atoms with E-state index in [2.05, 4.69) is 129 Å². The number of H-pyrrole nitrogens is 2. The van der Waals surface area contributed by atoms with E-state index < -0.39 is 0 Å². The second kappa shape index (κ2) is 8.96. The van der Waals surface area contributed by atoms with E-state index in [4.69, 9.17) is 0 Å². The zero-order chi connectivity index (χ0) is 18.8. The summed E-state index contributed by atoms with van der Waals surface area (Å²) in [6.07, 6.45) is 0. The molecule has 2 nitrogen and oxygen atoms in total. The Morgan fingerprint density at radius 2 is 1.25 bits per heavy atom. The first-order chi connectivity index (χ1) is 13.8. The van der Waals surface area contributed by atoms with Gasteiger partial charge in [0.15, 0.2) is 0 Å². The first-order valence-electron chi connectivity index (χ1n) is 9.09. The number of thioether (sulfide) groups is 5. The van der Waals surface area contributed by atoms with Crippen LogP contribution in [-0.4, -0.2) is 22.9 Å². The summed E-state index contributed by atoms with van der Waals surface area (Å²) in [6.45, 7) is 0. The van der Waals surface area contributed by atoms with Gasteiger partial charge in [0.1, 0.15) is 0 Å². The molecule has 0 aliphatic carbocycles. The van der Waals surface area contributed by atoms with Crippen LogP contribution in [0.1, 0.15) is 11.4 Å². The zero-order valence-corrected chi connectivity index (χ0v) is 19.2. The molecule has 2 unspecified atom stereocenters. The summed E-state index contributed by atoms with van der Waals surface area (Å²) in [7, 11) is 0. The van der Waals surface area contributed by atoms with E-state index in [0.717, 1.165) is 11.5 Å². The van der Waals surface area contributed by atoms with Gasteiger partial charge in [-0.1, -0.05) is 36.4 Å². The molecule has 1 aliphatic rings. The van der Waals surface area contributed by atoms with Crippen molar-refractivity contribution in [1.29, 1.82) is 0 Å². The Morgan fingerprint density at radius 1 is 0.750 bits per heavy atom. The third-order valence-corrected chi connectivity index (χ3v) is 12.7. The highest BCUT2D eigenvalue weighted by atomic mass is 32.3. The van der Waals surface area contributed by atoms with Crippen LogP contribution < -0.4 is 0 Å². The molecule has 0 saturated carbocycles. The Morgan fingerprint density at radius 3 is 1.75 bits per heavy atom. The summed E-state index contributed by atoms with van der Waals surface area (Å²) in [5.41, 5.74) is 5.13. The number of nitrogens with one attached hydrogen (secondary N) is 2. The zero-order valence-electron chi connectivity index (χ0n) is 15.1. The average Bonchev–Trinajstić information content (AvgIpc) is 3.34. The molecule has 2 aromatic carbocycles. The monoisotopic (exact) mass is 460 g/mol. The Balaban J connectivity index is 1.14. The predicted molar refractivity (Wildman–Crippen MR) is 134 cm³/mol. The molecule has 4 aromatic rings. The van der Waals surface area contributed by atoms with E-state index in [1.165, 1.54) is 38.3 Å². The summed E-state index contributed by atoms with van der Waals surface area (Å²) in [4.78, 5) is 7.10. The minimum absolute atomic E-state index is 0.605. The topological polar surface area (TPSA) is 31.6 Å². The van der Waals surface area contributed by atoms with Crippen LogP contribution >= 0.6 is 58.8 Å². The normalized spacial score (nSPS) is 20.1. The van der Waals surface area contributed by atoms with E-state index >= 15 is 0 Å². The van der Waals surface area contributed by atoms with Crippen molar-refractivity contribution in [3.05, 3.63) is 72.1 Å². The predicted octanol–water partition coefficient (Wildman–Crippen LogP) is 7.55. The van der Waals surface area contributed by atoms with Crippen molar-refractivity contribution in [3.63, 3.8) is 0 Å². The van der Waals surface area contributed by atoms with Crippen LogP contribution in [0.4, 0.5) is 0 Å². The molecular formula is C21H20N2S5. The Hall–Kier alpha value is -0.730. The SMILES string of the molecule is c1ccc2[nH]c(CSC3SCSC(SCc4cc5ccccc5[nH]4)S3)cc2c1. The van der Waals surface area contributed by atoms with Crippen molar-refractivity contribution in [3.8, 4) is 0 Å². The Kier molecular flexibility index (Phi) is 6.16. The highest BCUT2D eigenvalue weighted by Crippen LogP contribution is 2.52. The van der Waals surface area contributed by atoms with Crippen LogP contribution in [0.5, 0.6) is 0 Å². The first-order valence-corrected chi connectivity index (χ1v) is 14.2. The van der Waals surface area contributed by atoms with Gasteiger partial charge in [-0.15, -0.1) is 58.8 Å². The maximum Gasteiger partial charge on any atom is 0.0987 e. The number of rotatable bonds is 6. The summed E-state index contributed by atoms with van der Waals surface area (Å²) in [6, 6.07) is 21.6. The van der Waals surface area contributed by atoms with E-state index in [1.54, 1.807) is 0 Å². The second-order valence-electron chi connectivity index (χ2n) is 6.55. The summed E-state index contributed by atoms with van der Waals surface area (Å²) >= 11 is 10.4. The number of benzene rings is 2. The van der Waals surface area contributed by atoms with E-state index in [1.807, 2.05) is 0 Å². The number of hydrogen-bond acceptors (Lipinski definition) is 5. The minimum Gasteiger partial charge on any atom is -0.358 e. The van der Waals surface area contributed by atoms with E-state index in [-0.39, 0.29) is 0 Å². The van der Waals surface area contributed by atoms with Gasteiger partial charge >= 0.3 is 0 Å². The number of aromatic amines is 2. The van der Waals surface area contributed by atoms with Crippen LogP contribution in [0.25, 0.3) is 21.8 Å². The summed E-state index contributed by atoms with van der Waals surface area (Å²) in [5.74, 6) is 2.09. The highest BCUT2D eigenvalue weighted by molar-refractivity contribution is 8.46. The molecule has 2 N–H and O–H groups in total. The Bertz CT molecular complexity index is 923. The fraction of sp³-hybridized carbons (Fsp3) is 0.238. The van der Waals surface area contributed by atoms with Crippen molar-refractivity contribution in [2.45, 2.75) is 19.3 Å². The molecular weight excluding hydrogens is 441 g/mol. The van der Waals surface area contributed by atoms with Gasteiger partial charge in [0.05, 0.1) is 7.83 Å². The lowest BCUT2D eigenvalue weighted by atomic mass is 10.2. The number of aromatic nitrogens is 2. The largest absolute Gasteiger partial charge is 0.358 e. The number of hydrogen-bond donors (Lipinski definition) is 2. The molecule has 1 fully saturated rings. The van der Waals surface area contributed by atoms with Crippen LogP contribution in [0.2, 0.25) is 0 Å². The van der Waals surface area contributed by atoms with Gasteiger partial charge in [0.2, 0.25) is 0 Å². The summed E-state index contributed by atoms with van der Waals surface area (Å²) < 4.78 is 1.21. The molecule has 5 rings (SSSR count). The van der Waals surface area contributed by atoms with Gasteiger partial charge in [0.25, 0.3) is 0 Å². The fourth-order valence-electron chi connectivity index (χ4n) is 3.23. The lowest BCUT2D eigenvalue weighted by molar-refractivity contribution is 1.26. The maximum absolute atomic E-state index is 3.55. The lowest BCUT2D eigenvalue weighted by Gasteiger charge is -2.26. The van der Waals surface area contributed by atoms with Gasteiger partial charge in [-0.25, -0.2) is 0 Å². The van der Waals surface area contributed by atoms with Crippen LogP contribution in [0.15, 0.2) is 60.7 Å². The first kappa shape index (κ1) is 19.2. The van der Waals surface area contributed by atoms with Crippen molar-refractivity contribution < 1.29 is 0 Å². The Labute approximate surface area is 186 Å². The molecule has 144 valence electrons. The molecule has 28 heavy (non-hydrogen) atoms. The van der Waals surface area contributed by atoms with Gasteiger partial charge < -0.3 is 9.97 Å². The highest BCUT2D eigenvalue weighted by Gasteiger charge is 2.24. The molecule has 0 bridgehead atoms. The average molecular weight is 461 g/mol. The smallest absolute Gasteiger partial charge is 0.0987 e. The number of para-hydroxylation sites is 2. The van der Waals surface area contributed by atoms with Crippen LogP contribution in [-0.2, 0) is 11.5 Å². The molecule has 1 aliphatic heterocycles. The quantitative estimate of drug-likeness (QED) is 0.310. The lowest BCUT2D eigenvalue weighted by Crippen LogP contribution is -2.06. The molecule has 0 spiro atoms. The van der Waals surface area contributed by atoms with Gasteiger partial charge in [-0.05, 0) is 35.0 Å². The standard InChI is InChI=1S/C21H20N2S5/c1-3-7-18-14(5-1)9-16(22-18)11-24-20-26-13-27-21(28-20)25-12-17-10-15-6-2-4-8-19(15)23-17/h1-10,20-23H,11-13H2. The summed E-state index contributed by atoms with van der Waals surface area (Å²) in [5, 5.41) is 3.80. The third-order valence-electron chi connectivity index (χ3n) is 4.55. The minimum atomic E-state index is 0.605. The van der Waals surface area contributed by atoms with Crippen molar-refractivity contribution in [2.24, 2.45) is 0 Å². The molecule has 0 amide bonds. The third kappa shape index (κ3) is 4.54. The number of fused-ring (bicyclic) bond motifs is 2. The van der Waals surface area contributed by atoms with Crippen molar-refractivity contribution in [1.82, 2.24) is 9.97 Å². The molecule has 0 radical (unpaired) electrons. The molecule has 2 aromatic heterocycles. The molecule has 2 atom stereocenters. The van der Waals surface area contributed by atoms with E-state index in [9.17, 15) is 0 Å². The van der Waals surface area contributed by atoms with Gasteiger partial charge in [-0.2, -0.15) is 0 Å². The molecule has 3 heterocycles. The van der Waals surface area contributed by atoms with Crippen LogP contribution in [0.3, 0.4) is 0 Å². The van der Waals surface area contributed by atoms with Gasteiger partial charge in [0, 0.05) is 39.0 Å². The van der Waals surface area contributed by atoms with Gasteiger partial charge in [-0.3, -0.25) is 0 Å². The van der Waals surface area contributed by atoms with E-state index in [0.29, 0.717) is 7.83 Å². The maximum atomic E-state index is 3.55. The fourth-order valence-corrected chi connectivity index (χ4v) is 12.6.